The van der Waals surface area contributed by atoms with Gasteiger partial charge in [-0.3, -0.25) is 14.4 Å². The molecule has 1 amide bonds. The minimum atomic E-state index is -0.533. The van der Waals surface area contributed by atoms with Gasteiger partial charge in [-0.1, -0.05) is 47.6 Å². The van der Waals surface area contributed by atoms with Gasteiger partial charge in [0.15, 0.2) is 11.6 Å². The minimum Gasteiger partial charge on any atom is -0.362 e. The van der Waals surface area contributed by atoms with E-state index in [1.165, 1.54) is 0 Å². The van der Waals surface area contributed by atoms with E-state index < -0.39 is 6.04 Å². The van der Waals surface area contributed by atoms with Gasteiger partial charge in [-0.15, -0.1) is 0 Å². The highest BCUT2D eigenvalue weighted by Crippen LogP contribution is 2.30. The van der Waals surface area contributed by atoms with Crippen LogP contribution in [0.4, 0.5) is 0 Å². The Balaban J connectivity index is 2.10. The Bertz CT molecular complexity index is 646. The van der Waals surface area contributed by atoms with Gasteiger partial charge in [-0.2, -0.15) is 0 Å². The minimum absolute atomic E-state index is 0.0337. The standard InChI is InChI=1S/C23H39N3O3/c1-14(2)19(20(28)17-10-8-11-17)24-16(4)25-21(23(5,6)7)22(29)26-13-9-12-18(26)15(3)27/h14,17-19,21,24-25H,4,8-13H2,1-3,5-7H3/t18-,19-,21+/m0/s1. The summed E-state index contributed by atoms with van der Waals surface area (Å²) in [5, 5.41) is 6.50. The maximum absolute atomic E-state index is 13.3. The highest BCUT2D eigenvalue weighted by Gasteiger charge is 2.41. The fourth-order valence-corrected chi connectivity index (χ4v) is 4.18. The van der Waals surface area contributed by atoms with Gasteiger partial charge < -0.3 is 15.5 Å². The quantitative estimate of drug-likeness (QED) is 0.616. The van der Waals surface area contributed by atoms with Crippen LogP contribution in [-0.4, -0.2) is 47.0 Å². The van der Waals surface area contributed by atoms with Crippen LogP contribution in [0.3, 0.4) is 0 Å². The largest absolute Gasteiger partial charge is 0.362 e. The zero-order valence-corrected chi connectivity index (χ0v) is 19.0. The summed E-state index contributed by atoms with van der Waals surface area (Å²) >= 11 is 0. The third kappa shape index (κ3) is 5.61. The molecular formula is C23H39N3O3. The molecule has 1 aliphatic heterocycles. The Labute approximate surface area is 175 Å². The van der Waals surface area contributed by atoms with Crippen LogP contribution in [0.25, 0.3) is 0 Å². The molecule has 2 fully saturated rings. The Morgan fingerprint density at radius 3 is 2.10 bits per heavy atom. The predicted molar refractivity (Wildman–Crippen MR) is 115 cm³/mol. The summed E-state index contributed by atoms with van der Waals surface area (Å²) < 4.78 is 0. The average Bonchev–Trinajstić information content (AvgIpc) is 3.03. The number of rotatable bonds is 9. The molecular weight excluding hydrogens is 366 g/mol. The number of hydrogen-bond donors (Lipinski definition) is 2. The molecule has 2 rings (SSSR count). The Morgan fingerprint density at radius 2 is 1.66 bits per heavy atom. The Kier molecular flexibility index (Phi) is 7.52. The van der Waals surface area contributed by atoms with Gasteiger partial charge in [-0.25, -0.2) is 0 Å². The van der Waals surface area contributed by atoms with Crippen LogP contribution in [-0.2, 0) is 14.4 Å². The molecule has 2 aliphatic rings. The van der Waals surface area contributed by atoms with Gasteiger partial charge in [0.1, 0.15) is 6.04 Å². The Hall–Kier alpha value is -1.85. The summed E-state index contributed by atoms with van der Waals surface area (Å²) in [6.07, 6.45) is 4.62. The van der Waals surface area contributed by atoms with E-state index in [1.54, 1.807) is 11.8 Å². The molecule has 0 bridgehead atoms. The summed E-state index contributed by atoms with van der Waals surface area (Å²) in [7, 11) is 0. The summed E-state index contributed by atoms with van der Waals surface area (Å²) in [6, 6.07) is -1.18. The highest BCUT2D eigenvalue weighted by atomic mass is 16.2. The van der Waals surface area contributed by atoms with Gasteiger partial charge >= 0.3 is 0 Å². The average molecular weight is 406 g/mol. The number of nitrogens with one attached hydrogen (secondary N) is 2. The maximum Gasteiger partial charge on any atom is 0.246 e. The van der Waals surface area contributed by atoms with Gasteiger partial charge in [-0.05, 0) is 43.9 Å². The zero-order chi connectivity index (χ0) is 21.9. The molecule has 0 spiro atoms. The lowest BCUT2D eigenvalue weighted by Crippen LogP contribution is -2.57. The van der Waals surface area contributed by atoms with E-state index in [0.29, 0.717) is 12.4 Å². The van der Waals surface area contributed by atoms with Crippen LogP contribution in [0.1, 0.15) is 73.6 Å². The van der Waals surface area contributed by atoms with E-state index in [2.05, 4.69) is 17.2 Å². The third-order valence-electron chi connectivity index (χ3n) is 6.25. The molecule has 0 radical (unpaired) electrons. The van der Waals surface area contributed by atoms with Crippen molar-refractivity contribution in [3.05, 3.63) is 12.4 Å². The fourth-order valence-electron chi connectivity index (χ4n) is 4.18. The van der Waals surface area contributed by atoms with E-state index in [9.17, 15) is 14.4 Å². The van der Waals surface area contributed by atoms with Crippen LogP contribution in [0, 0.1) is 17.3 Å². The van der Waals surface area contributed by atoms with Gasteiger partial charge in [0, 0.05) is 12.5 Å². The topological polar surface area (TPSA) is 78.5 Å². The van der Waals surface area contributed by atoms with E-state index in [4.69, 9.17) is 0 Å². The molecule has 0 aromatic heterocycles. The number of amides is 1. The number of ketones is 2. The van der Waals surface area contributed by atoms with Crippen molar-refractivity contribution in [2.75, 3.05) is 6.54 Å². The molecule has 1 heterocycles. The van der Waals surface area contributed by atoms with Crippen molar-refractivity contribution in [2.45, 2.75) is 91.8 Å². The van der Waals surface area contributed by atoms with Crippen LogP contribution >= 0.6 is 0 Å². The number of Topliss-reactive ketones (excluding diaryl/α,β-unsaturated/α-hetero) is 2. The van der Waals surface area contributed by atoms with Crippen molar-refractivity contribution in [1.29, 1.82) is 0 Å². The summed E-state index contributed by atoms with van der Waals surface area (Å²) in [6.45, 7) is 16.3. The first-order valence-electron chi connectivity index (χ1n) is 11.0. The molecule has 0 aromatic rings. The highest BCUT2D eigenvalue weighted by molar-refractivity contribution is 5.91. The van der Waals surface area contributed by atoms with Crippen LogP contribution in [0.15, 0.2) is 12.4 Å². The summed E-state index contributed by atoms with van der Waals surface area (Å²) in [5.74, 6) is 0.956. The molecule has 3 atom stereocenters. The van der Waals surface area contributed by atoms with E-state index in [0.717, 1.165) is 32.1 Å². The molecule has 0 unspecified atom stereocenters. The summed E-state index contributed by atoms with van der Waals surface area (Å²) in [5.41, 5.74) is -0.378. The molecule has 6 heteroatoms. The van der Waals surface area contributed by atoms with Crippen molar-refractivity contribution in [3.8, 4) is 0 Å². The van der Waals surface area contributed by atoms with Crippen LogP contribution < -0.4 is 10.6 Å². The lowest BCUT2D eigenvalue weighted by molar-refractivity contribution is -0.140. The molecule has 1 aliphatic carbocycles. The van der Waals surface area contributed by atoms with E-state index in [1.807, 2.05) is 34.6 Å². The fraction of sp³-hybridized carbons (Fsp3) is 0.783. The van der Waals surface area contributed by atoms with Gasteiger partial charge in [0.05, 0.1) is 17.9 Å². The SMILES string of the molecule is C=C(N[C@H](C(=O)C1CCC1)C(C)C)N[C@H](C(=O)N1CCC[C@H]1C(C)=O)C(C)(C)C. The first-order chi connectivity index (χ1) is 13.4. The van der Waals surface area contributed by atoms with Crippen molar-refractivity contribution < 1.29 is 14.4 Å². The zero-order valence-electron chi connectivity index (χ0n) is 19.0. The lowest BCUT2D eigenvalue weighted by Gasteiger charge is -2.37. The molecule has 29 heavy (non-hydrogen) atoms. The molecule has 0 aromatic carbocycles. The monoisotopic (exact) mass is 405 g/mol. The normalized spacial score (nSPS) is 22.0. The van der Waals surface area contributed by atoms with E-state index >= 15 is 0 Å². The molecule has 164 valence electrons. The van der Waals surface area contributed by atoms with E-state index in [-0.39, 0.29) is 46.8 Å². The molecule has 1 saturated heterocycles. The van der Waals surface area contributed by atoms with Crippen molar-refractivity contribution >= 4 is 17.5 Å². The Morgan fingerprint density at radius 1 is 1.03 bits per heavy atom. The number of nitrogens with zero attached hydrogens (tertiary/aromatic N) is 1. The maximum atomic E-state index is 13.3. The van der Waals surface area contributed by atoms with Crippen molar-refractivity contribution in [3.63, 3.8) is 0 Å². The molecule has 1 saturated carbocycles. The predicted octanol–water partition coefficient (Wildman–Crippen LogP) is 3.03. The van der Waals surface area contributed by atoms with Gasteiger partial charge in [0.2, 0.25) is 5.91 Å². The van der Waals surface area contributed by atoms with Crippen LogP contribution in [0.2, 0.25) is 0 Å². The van der Waals surface area contributed by atoms with Crippen molar-refractivity contribution in [2.24, 2.45) is 17.3 Å². The first-order valence-corrected chi connectivity index (χ1v) is 11.0. The van der Waals surface area contributed by atoms with Crippen LogP contribution in [0.5, 0.6) is 0 Å². The number of likely N-dealkylation sites (tertiary alicyclic amines) is 1. The number of hydrogen-bond acceptors (Lipinski definition) is 5. The second-order valence-electron chi connectivity index (χ2n) is 10.1. The third-order valence-corrected chi connectivity index (χ3v) is 6.25. The second-order valence-corrected chi connectivity index (χ2v) is 10.1. The first kappa shape index (κ1) is 23.4. The number of carbonyl (C=O) groups is 3. The number of carbonyl (C=O) groups excluding carboxylic acids is 3. The van der Waals surface area contributed by atoms with Crippen molar-refractivity contribution in [1.82, 2.24) is 15.5 Å². The molecule has 2 N–H and O–H groups in total. The second kappa shape index (κ2) is 9.31. The molecule has 6 nitrogen and oxygen atoms in total. The summed E-state index contributed by atoms with van der Waals surface area (Å²) in [4.78, 5) is 39.8. The lowest BCUT2D eigenvalue weighted by atomic mass is 9.77. The van der Waals surface area contributed by atoms with Gasteiger partial charge in [0.25, 0.3) is 0 Å². The smallest absolute Gasteiger partial charge is 0.246 e.